The number of hydrogen-bond acceptors (Lipinski definition) is 4. The smallest absolute Gasteiger partial charge is 0.0860 e. The normalized spacial score (nSPS) is 13.7. The Kier molecular flexibility index (Phi) is 4.79. The summed E-state index contributed by atoms with van der Waals surface area (Å²) in [7, 11) is 1.99. The lowest BCUT2D eigenvalue weighted by Crippen LogP contribution is -2.22. The molecule has 0 radical (unpaired) electrons. The molecule has 0 amide bonds. The Morgan fingerprint density at radius 1 is 1.05 bits per heavy atom. The van der Waals surface area contributed by atoms with Gasteiger partial charge in [0.25, 0.3) is 0 Å². The maximum Gasteiger partial charge on any atom is 0.0860 e. The van der Waals surface area contributed by atoms with Crippen LogP contribution in [0.15, 0.2) is 24.3 Å². The molecule has 0 spiro atoms. The second-order valence-electron chi connectivity index (χ2n) is 6.78. The fourth-order valence-corrected chi connectivity index (χ4v) is 3.43. The summed E-state index contributed by atoms with van der Waals surface area (Å²) in [6, 6.07) is 9.01. The van der Waals surface area contributed by atoms with Crippen LogP contribution < -0.4 is 5.32 Å². The molecule has 4 heteroatoms. The zero-order valence-electron chi connectivity index (χ0n) is 13.8. The van der Waals surface area contributed by atoms with Gasteiger partial charge in [0.05, 0.1) is 16.6 Å². The predicted molar refractivity (Wildman–Crippen MR) is 90.0 cm³/mol. The molecule has 1 aromatic carbocycles. The number of hydrogen-bond donors (Lipinski definition) is 1. The molecule has 0 aliphatic carbocycles. The van der Waals surface area contributed by atoms with E-state index in [0.717, 1.165) is 5.69 Å². The van der Waals surface area contributed by atoms with Gasteiger partial charge in [-0.1, -0.05) is 63.4 Å². The van der Waals surface area contributed by atoms with Gasteiger partial charge in [-0.25, -0.2) is 0 Å². The third kappa shape index (κ3) is 3.50. The first-order valence-electron chi connectivity index (χ1n) is 7.44. The van der Waals surface area contributed by atoms with Crippen LogP contribution in [-0.4, -0.2) is 16.6 Å². The van der Waals surface area contributed by atoms with Gasteiger partial charge in [0.2, 0.25) is 0 Å². The van der Waals surface area contributed by atoms with E-state index in [1.54, 1.807) is 0 Å². The lowest BCUT2D eigenvalue weighted by Gasteiger charge is -2.22. The monoisotopic (exact) mass is 303 g/mol. The van der Waals surface area contributed by atoms with Gasteiger partial charge in [-0.3, -0.25) is 0 Å². The fourth-order valence-electron chi connectivity index (χ4n) is 2.43. The van der Waals surface area contributed by atoms with Gasteiger partial charge in [-0.15, -0.1) is 5.10 Å². The maximum atomic E-state index is 4.36. The van der Waals surface area contributed by atoms with E-state index >= 15 is 0 Å². The Labute approximate surface area is 132 Å². The van der Waals surface area contributed by atoms with Gasteiger partial charge in [-0.05, 0) is 35.6 Å². The van der Waals surface area contributed by atoms with Crippen molar-refractivity contribution in [1.82, 2.24) is 14.9 Å². The van der Waals surface area contributed by atoms with Crippen molar-refractivity contribution in [3.05, 3.63) is 46.0 Å². The SMILES string of the molecule is CNC(c1ccc(C(C)C)cc1)c1snnc1C(C)(C)C. The van der Waals surface area contributed by atoms with Gasteiger partial charge in [-0.2, -0.15) is 0 Å². The summed E-state index contributed by atoms with van der Waals surface area (Å²) in [6.45, 7) is 11.0. The molecule has 2 aromatic rings. The molecule has 1 N–H and O–H groups in total. The summed E-state index contributed by atoms with van der Waals surface area (Å²) in [6.07, 6.45) is 0. The maximum absolute atomic E-state index is 4.36. The molecule has 1 unspecified atom stereocenters. The minimum absolute atomic E-state index is 0.00923. The second-order valence-corrected chi connectivity index (χ2v) is 7.56. The molecule has 0 bridgehead atoms. The van der Waals surface area contributed by atoms with E-state index in [0.29, 0.717) is 5.92 Å². The molecule has 1 heterocycles. The van der Waals surface area contributed by atoms with Crippen molar-refractivity contribution in [2.75, 3.05) is 7.05 Å². The fraction of sp³-hybridized carbons (Fsp3) is 0.529. The van der Waals surface area contributed by atoms with E-state index in [4.69, 9.17) is 0 Å². The van der Waals surface area contributed by atoms with Gasteiger partial charge in [0.1, 0.15) is 0 Å². The van der Waals surface area contributed by atoms with E-state index in [1.165, 1.54) is 27.5 Å². The van der Waals surface area contributed by atoms with Gasteiger partial charge < -0.3 is 5.32 Å². The predicted octanol–water partition coefficient (Wildman–Crippen LogP) is 4.27. The van der Waals surface area contributed by atoms with Crippen molar-refractivity contribution in [1.29, 1.82) is 0 Å². The largest absolute Gasteiger partial charge is 0.309 e. The molecule has 21 heavy (non-hydrogen) atoms. The quantitative estimate of drug-likeness (QED) is 0.916. The topological polar surface area (TPSA) is 37.8 Å². The number of nitrogens with one attached hydrogen (secondary N) is 1. The Hall–Kier alpha value is -1.26. The van der Waals surface area contributed by atoms with Crippen molar-refractivity contribution >= 4 is 11.5 Å². The molecule has 3 nitrogen and oxygen atoms in total. The van der Waals surface area contributed by atoms with Crippen molar-refractivity contribution < 1.29 is 0 Å². The zero-order chi connectivity index (χ0) is 15.6. The average Bonchev–Trinajstić information content (AvgIpc) is 2.89. The van der Waals surface area contributed by atoms with Crippen LogP contribution in [0.3, 0.4) is 0 Å². The Balaban J connectivity index is 2.38. The van der Waals surface area contributed by atoms with Crippen LogP contribution >= 0.6 is 11.5 Å². The lowest BCUT2D eigenvalue weighted by molar-refractivity contribution is 0.549. The van der Waals surface area contributed by atoms with Gasteiger partial charge in [0, 0.05) is 5.41 Å². The summed E-state index contributed by atoms with van der Waals surface area (Å²) < 4.78 is 4.18. The number of aromatic nitrogens is 2. The molecular formula is C17H25N3S. The summed E-state index contributed by atoms with van der Waals surface area (Å²) in [4.78, 5) is 1.21. The van der Waals surface area contributed by atoms with Crippen molar-refractivity contribution in [3.63, 3.8) is 0 Å². The van der Waals surface area contributed by atoms with Crippen LogP contribution in [-0.2, 0) is 5.41 Å². The van der Waals surface area contributed by atoms with Crippen molar-refractivity contribution in [3.8, 4) is 0 Å². The first kappa shape index (κ1) is 16.1. The van der Waals surface area contributed by atoms with E-state index in [1.807, 2.05) is 7.05 Å². The number of rotatable bonds is 4. The third-order valence-electron chi connectivity index (χ3n) is 3.71. The van der Waals surface area contributed by atoms with Gasteiger partial charge in [0.15, 0.2) is 0 Å². The molecule has 0 fully saturated rings. The van der Waals surface area contributed by atoms with E-state index in [2.05, 4.69) is 73.8 Å². The summed E-state index contributed by atoms with van der Waals surface area (Å²) in [5, 5.41) is 7.77. The first-order valence-corrected chi connectivity index (χ1v) is 8.21. The van der Waals surface area contributed by atoms with Crippen LogP contribution in [0.4, 0.5) is 0 Å². The summed E-state index contributed by atoms with van der Waals surface area (Å²) >= 11 is 1.49. The molecule has 1 aromatic heterocycles. The second kappa shape index (κ2) is 6.24. The number of benzene rings is 1. The average molecular weight is 303 g/mol. The molecule has 0 saturated carbocycles. The van der Waals surface area contributed by atoms with E-state index in [-0.39, 0.29) is 11.5 Å². The molecule has 2 rings (SSSR count). The zero-order valence-corrected chi connectivity index (χ0v) is 14.6. The molecule has 0 aliphatic rings. The number of nitrogens with zero attached hydrogens (tertiary/aromatic N) is 2. The molecular weight excluding hydrogens is 278 g/mol. The molecule has 0 aliphatic heterocycles. The van der Waals surface area contributed by atoms with Crippen LogP contribution in [0.2, 0.25) is 0 Å². The Bertz CT molecular complexity index is 579. The minimum Gasteiger partial charge on any atom is -0.309 e. The first-order chi connectivity index (χ1) is 9.84. The molecule has 114 valence electrons. The van der Waals surface area contributed by atoms with E-state index in [9.17, 15) is 0 Å². The summed E-state index contributed by atoms with van der Waals surface area (Å²) in [5.74, 6) is 0.558. The van der Waals surface area contributed by atoms with E-state index < -0.39 is 0 Å². The minimum atomic E-state index is 0.00923. The molecule has 0 saturated heterocycles. The summed E-state index contributed by atoms with van der Waals surface area (Å²) in [5.41, 5.74) is 3.72. The van der Waals surface area contributed by atoms with Crippen LogP contribution in [0.5, 0.6) is 0 Å². The molecule has 1 atom stereocenters. The highest BCUT2D eigenvalue weighted by atomic mass is 32.1. The highest BCUT2D eigenvalue weighted by Gasteiger charge is 2.27. The standard InChI is InChI=1S/C17H25N3S/c1-11(2)12-7-9-13(10-8-12)14(18-6)15-16(17(3,4)5)19-20-21-15/h7-11,14,18H,1-6H3. The lowest BCUT2D eigenvalue weighted by atomic mass is 9.88. The van der Waals surface area contributed by atoms with Crippen LogP contribution in [0.25, 0.3) is 0 Å². The highest BCUT2D eigenvalue weighted by Crippen LogP contribution is 2.33. The highest BCUT2D eigenvalue weighted by molar-refractivity contribution is 7.05. The van der Waals surface area contributed by atoms with Crippen molar-refractivity contribution in [2.45, 2.75) is 52.0 Å². The van der Waals surface area contributed by atoms with Gasteiger partial charge >= 0.3 is 0 Å². The Morgan fingerprint density at radius 2 is 1.62 bits per heavy atom. The Morgan fingerprint density at radius 3 is 2.10 bits per heavy atom. The van der Waals surface area contributed by atoms with Crippen LogP contribution in [0, 0.1) is 0 Å². The third-order valence-corrected chi connectivity index (χ3v) is 4.50. The van der Waals surface area contributed by atoms with Crippen LogP contribution in [0.1, 0.15) is 68.3 Å². The van der Waals surface area contributed by atoms with Crippen molar-refractivity contribution in [2.24, 2.45) is 0 Å².